The molecule has 1 N–H and O–H groups in total. The van der Waals surface area contributed by atoms with Gasteiger partial charge in [-0.2, -0.15) is 0 Å². The van der Waals surface area contributed by atoms with Gasteiger partial charge in [0.2, 0.25) is 0 Å². The summed E-state index contributed by atoms with van der Waals surface area (Å²) in [6.45, 7) is 2.13. The SMILES string of the molecule is C[C@H](/C=C/C(=O)OCc1ccccc1)CO. The first-order valence-corrected chi connectivity index (χ1v) is 5.22. The lowest BCUT2D eigenvalue weighted by molar-refractivity contribution is -0.139. The molecule has 0 fully saturated rings. The van der Waals surface area contributed by atoms with Crippen molar-refractivity contribution in [3.63, 3.8) is 0 Å². The Labute approximate surface area is 95.4 Å². The maximum atomic E-state index is 11.2. The molecule has 0 aliphatic carbocycles. The van der Waals surface area contributed by atoms with Crippen LogP contribution in [0.1, 0.15) is 12.5 Å². The van der Waals surface area contributed by atoms with Crippen LogP contribution in [0.25, 0.3) is 0 Å². The van der Waals surface area contributed by atoms with E-state index in [1.165, 1.54) is 6.08 Å². The van der Waals surface area contributed by atoms with Gasteiger partial charge in [-0.1, -0.05) is 43.3 Å². The second-order valence-corrected chi connectivity index (χ2v) is 3.61. The van der Waals surface area contributed by atoms with Crippen LogP contribution < -0.4 is 0 Å². The maximum absolute atomic E-state index is 11.2. The van der Waals surface area contributed by atoms with Gasteiger partial charge in [-0.05, 0) is 11.5 Å². The van der Waals surface area contributed by atoms with Gasteiger partial charge in [-0.3, -0.25) is 0 Å². The molecule has 0 aromatic heterocycles. The van der Waals surface area contributed by atoms with E-state index in [1.807, 2.05) is 37.3 Å². The molecule has 0 radical (unpaired) electrons. The van der Waals surface area contributed by atoms with Crippen LogP contribution in [-0.2, 0) is 16.1 Å². The monoisotopic (exact) mass is 220 g/mol. The van der Waals surface area contributed by atoms with E-state index in [2.05, 4.69) is 0 Å². The summed E-state index contributed by atoms with van der Waals surface area (Å²) in [5.74, 6) is -0.409. The number of ether oxygens (including phenoxy) is 1. The molecule has 3 nitrogen and oxygen atoms in total. The topological polar surface area (TPSA) is 46.5 Å². The minimum Gasteiger partial charge on any atom is -0.458 e. The number of carbonyl (C=O) groups excluding carboxylic acids is 1. The predicted octanol–water partition coefficient (Wildman–Crippen LogP) is 1.91. The standard InChI is InChI=1S/C13H16O3/c1-11(9-14)7-8-13(15)16-10-12-5-3-2-4-6-12/h2-8,11,14H,9-10H2,1H3/b8-7+/t11-/m1/s1. The molecule has 86 valence electrons. The molecule has 1 atom stereocenters. The van der Waals surface area contributed by atoms with E-state index in [1.54, 1.807) is 6.08 Å². The van der Waals surface area contributed by atoms with Crippen LogP contribution in [0.15, 0.2) is 42.5 Å². The van der Waals surface area contributed by atoms with Crippen LogP contribution in [0.2, 0.25) is 0 Å². The van der Waals surface area contributed by atoms with Crippen molar-refractivity contribution in [2.24, 2.45) is 5.92 Å². The summed E-state index contributed by atoms with van der Waals surface area (Å²) in [4.78, 5) is 11.2. The number of hydrogen-bond donors (Lipinski definition) is 1. The zero-order valence-electron chi connectivity index (χ0n) is 9.30. The van der Waals surface area contributed by atoms with Gasteiger partial charge in [0.05, 0.1) is 0 Å². The second kappa shape index (κ2) is 6.80. The average Bonchev–Trinajstić information content (AvgIpc) is 2.34. The number of benzene rings is 1. The van der Waals surface area contributed by atoms with Crippen molar-refractivity contribution in [3.8, 4) is 0 Å². The molecule has 16 heavy (non-hydrogen) atoms. The third-order valence-electron chi connectivity index (χ3n) is 2.07. The lowest BCUT2D eigenvalue weighted by atomic mass is 10.2. The molecule has 1 aromatic carbocycles. The summed E-state index contributed by atoms with van der Waals surface area (Å²) in [6.07, 6.45) is 2.98. The van der Waals surface area contributed by atoms with Crippen molar-refractivity contribution in [2.75, 3.05) is 6.61 Å². The summed E-state index contributed by atoms with van der Waals surface area (Å²) >= 11 is 0. The fourth-order valence-corrected chi connectivity index (χ4v) is 1.08. The Morgan fingerprint density at radius 3 is 2.75 bits per heavy atom. The van der Waals surface area contributed by atoms with Gasteiger partial charge in [-0.15, -0.1) is 0 Å². The number of esters is 1. The Balaban J connectivity index is 2.33. The molecule has 0 unspecified atom stereocenters. The third-order valence-corrected chi connectivity index (χ3v) is 2.07. The van der Waals surface area contributed by atoms with Crippen LogP contribution in [0.5, 0.6) is 0 Å². The Kier molecular flexibility index (Phi) is 5.29. The van der Waals surface area contributed by atoms with Crippen molar-refractivity contribution >= 4 is 5.97 Å². The van der Waals surface area contributed by atoms with Crippen molar-refractivity contribution < 1.29 is 14.6 Å². The quantitative estimate of drug-likeness (QED) is 0.609. The van der Waals surface area contributed by atoms with Gasteiger partial charge in [0.1, 0.15) is 6.61 Å². The van der Waals surface area contributed by atoms with Gasteiger partial charge >= 0.3 is 5.97 Å². The van der Waals surface area contributed by atoms with Crippen LogP contribution in [0.3, 0.4) is 0 Å². The molecule has 0 aliphatic rings. The second-order valence-electron chi connectivity index (χ2n) is 3.61. The zero-order valence-corrected chi connectivity index (χ0v) is 9.30. The molecule has 0 bridgehead atoms. The molecule has 0 spiro atoms. The van der Waals surface area contributed by atoms with Gasteiger partial charge in [0, 0.05) is 12.7 Å². The molecule has 3 heteroatoms. The first kappa shape index (κ1) is 12.5. The number of hydrogen-bond acceptors (Lipinski definition) is 3. The Morgan fingerprint density at radius 1 is 1.44 bits per heavy atom. The molecule has 0 heterocycles. The van der Waals surface area contributed by atoms with E-state index in [-0.39, 0.29) is 25.1 Å². The summed E-state index contributed by atoms with van der Waals surface area (Å²) in [5, 5.41) is 8.75. The molecule has 1 rings (SSSR count). The van der Waals surface area contributed by atoms with Crippen molar-refractivity contribution in [3.05, 3.63) is 48.0 Å². The average molecular weight is 220 g/mol. The molecular formula is C13H16O3. The van der Waals surface area contributed by atoms with Crippen molar-refractivity contribution in [2.45, 2.75) is 13.5 Å². The summed E-state index contributed by atoms with van der Waals surface area (Å²) in [7, 11) is 0. The number of rotatable bonds is 5. The third kappa shape index (κ3) is 4.75. The summed E-state index contributed by atoms with van der Waals surface area (Å²) < 4.78 is 5.02. The first-order valence-electron chi connectivity index (χ1n) is 5.22. The fraction of sp³-hybridized carbons (Fsp3) is 0.308. The molecular weight excluding hydrogens is 204 g/mol. The zero-order chi connectivity index (χ0) is 11.8. The Morgan fingerprint density at radius 2 is 2.12 bits per heavy atom. The minimum absolute atomic E-state index is 0.0238. The highest BCUT2D eigenvalue weighted by atomic mass is 16.5. The van der Waals surface area contributed by atoms with E-state index in [0.717, 1.165) is 5.56 Å². The maximum Gasteiger partial charge on any atom is 0.330 e. The molecule has 1 aromatic rings. The van der Waals surface area contributed by atoms with Gasteiger partial charge in [0.25, 0.3) is 0 Å². The van der Waals surface area contributed by atoms with Gasteiger partial charge in [-0.25, -0.2) is 4.79 Å². The van der Waals surface area contributed by atoms with Crippen molar-refractivity contribution in [1.82, 2.24) is 0 Å². The lowest BCUT2D eigenvalue weighted by Crippen LogP contribution is -2.02. The summed E-state index contributed by atoms with van der Waals surface area (Å²) in [6, 6.07) is 9.49. The smallest absolute Gasteiger partial charge is 0.330 e. The Bertz CT molecular complexity index is 343. The first-order chi connectivity index (χ1) is 7.72. The molecule has 0 aliphatic heterocycles. The van der Waals surface area contributed by atoms with Crippen LogP contribution in [0.4, 0.5) is 0 Å². The highest BCUT2D eigenvalue weighted by molar-refractivity contribution is 5.81. The Hall–Kier alpha value is -1.61. The van der Waals surface area contributed by atoms with Gasteiger partial charge < -0.3 is 9.84 Å². The fourth-order valence-electron chi connectivity index (χ4n) is 1.08. The highest BCUT2D eigenvalue weighted by Crippen LogP contribution is 2.01. The minimum atomic E-state index is -0.385. The van der Waals surface area contributed by atoms with Crippen LogP contribution >= 0.6 is 0 Å². The van der Waals surface area contributed by atoms with Crippen LogP contribution in [0, 0.1) is 5.92 Å². The van der Waals surface area contributed by atoms with E-state index in [0.29, 0.717) is 0 Å². The molecule has 0 saturated carbocycles. The van der Waals surface area contributed by atoms with E-state index < -0.39 is 0 Å². The van der Waals surface area contributed by atoms with Crippen molar-refractivity contribution in [1.29, 1.82) is 0 Å². The normalized spacial score (nSPS) is 12.6. The van der Waals surface area contributed by atoms with E-state index >= 15 is 0 Å². The lowest BCUT2D eigenvalue weighted by Gasteiger charge is -2.02. The highest BCUT2D eigenvalue weighted by Gasteiger charge is 1.99. The van der Waals surface area contributed by atoms with Gasteiger partial charge in [0.15, 0.2) is 0 Å². The van der Waals surface area contributed by atoms with E-state index in [4.69, 9.17) is 9.84 Å². The summed E-state index contributed by atoms with van der Waals surface area (Å²) in [5.41, 5.74) is 0.958. The molecule has 0 saturated heterocycles. The molecule has 0 amide bonds. The predicted molar refractivity (Wildman–Crippen MR) is 61.6 cm³/mol. The number of aliphatic hydroxyl groups excluding tert-OH is 1. The largest absolute Gasteiger partial charge is 0.458 e. The number of carbonyl (C=O) groups is 1. The number of aliphatic hydroxyl groups is 1. The van der Waals surface area contributed by atoms with E-state index in [9.17, 15) is 4.79 Å². The van der Waals surface area contributed by atoms with Crippen LogP contribution in [-0.4, -0.2) is 17.7 Å².